The fraction of sp³-hybridized carbons (Fsp3) is 0.364. The third-order valence-electron chi connectivity index (χ3n) is 4.71. The fourth-order valence-electron chi connectivity index (χ4n) is 3.26. The Hall–Kier alpha value is -2.34. The first-order valence-corrected chi connectivity index (χ1v) is 10.4. The molecule has 4 nitrogen and oxygen atoms in total. The highest BCUT2D eigenvalue weighted by atomic mass is 32.2. The van der Waals surface area contributed by atoms with E-state index < -0.39 is 5.82 Å². The number of hydrogen-bond acceptors (Lipinski definition) is 3. The lowest BCUT2D eigenvalue weighted by molar-refractivity contribution is 0.0693. The van der Waals surface area contributed by atoms with Crippen LogP contribution in [0.5, 0.6) is 0 Å². The summed E-state index contributed by atoms with van der Waals surface area (Å²) in [6.07, 6.45) is 1.32. The zero-order valence-corrected chi connectivity index (χ0v) is 17.0. The lowest BCUT2D eigenvalue weighted by atomic mass is 10.0. The third kappa shape index (κ3) is 5.13. The average molecular weight is 401 g/mol. The molecule has 1 heterocycles. The Morgan fingerprint density at radius 2 is 1.71 bits per heavy atom. The zero-order chi connectivity index (χ0) is 20.1. The van der Waals surface area contributed by atoms with Crippen LogP contribution in [0.15, 0.2) is 53.4 Å². The van der Waals surface area contributed by atoms with E-state index >= 15 is 0 Å². The predicted molar refractivity (Wildman–Crippen MR) is 110 cm³/mol. The molecule has 0 aliphatic carbocycles. The molecule has 1 saturated heterocycles. The smallest absolute Gasteiger partial charge is 0.256 e. The molecule has 6 heteroatoms. The van der Waals surface area contributed by atoms with Crippen molar-refractivity contribution in [3.8, 4) is 0 Å². The molecule has 3 rings (SSSR count). The van der Waals surface area contributed by atoms with Crippen molar-refractivity contribution in [1.82, 2.24) is 10.2 Å². The second kappa shape index (κ2) is 9.24. The Bertz CT molecular complexity index is 831. The summed E-state index contributed by atoms with van der Waals surface area (Å²) in [5, 5.41) is 3.55. The first kappa shape index (κ1) is 20.4. The molecule has 1 N–H and O–H groups in total. The predicted octanol–water partition coefficient (Wildman–Crippen LogP) is 4.36. The molecule has 0 spiro atoms. The molecule has 1 aliphatic rings. The zero-order valence-electron chi connectivity index (χ0n) is 16.2. The second-order valence-corrected chi connectivity index (χ2v) is 8.86. The van der Waals surface area contributed by atoms with Gasteiger partial charge in [0.1, 0.15) is 5.82 Å². The van der Waals surface area contributed by atoms with Crippen molar-refractivity contribution in [1.29, 1.82) is 0 Å². The van der Waals surface area contributed by atoms with E-state index in [-0.39, 0.29) is 23.4 Å². The number of carbonyl (C=O) groups excluding carboxylic acids is 2. The van der Waals surface area contributed by atoms with Crippen molar-refractivity contribution < 1.29 is 14.0 Å². The highest BCUT2D eigenvalue weighted by molar-refractivity contribution is 7.99. The second-order valence-electron chi connectivity index (χ2n) is 7.21. The average Bonchev–Trinajstić information content (AvgIpc) is 2.68. The van der Waals surface area contributed by atoms with Crippen LogP contribution in [0.25, 0.3) is 0 Å². The highest BCUT2D eigenvalue weighted by Gasteiger charge is 2.26. The van der Waals surface area contributed by atoms with Gasteiger partial charge in [-0.25, -0.2) is 4.39 Å². The van der Waals surface area contributed by atoms with Gasteiger partial charge < -0.3 is 10.2 Å². The Kier molecular flexibility index (Phi) is 6.73. The maximum atomic E-state index is 13.8. The number of halogens is 1. The number of thioether (sulfide) groups is 1. The van der Waals surface area contributed by atoms with Crippen molar-refractivity contribution in [2.24, 2.45) is 0 Å². The number of rotatable bonds is 5. The molecule has 0 aromatic heterocycles. The molecule has 0 bridgehead atoms. The van der Waals surface area contributed by atoms with Gasteiger partial charge in [0, 0.05) is 34.8 Å². The van der Waals surface area contributed by atoms with Gasteiger partial charge in [-0.3, -0.25) is 9.59 Å². The van der Waals surface area contributed by atoms with Crippen LogP contribution < -0.4 is 5.32 Å². The summed E-state index contributed by atoms with van der Waals surface area (Å²) in [5.41, 5.74) is 0.738. The molecular weight excluding hydrogens is 375 g/mol. The van der Waals surface area contributed by atoms with Crippen LogP contribution >= 0.6 is 11.8 Å². The first-order valence-electron chi connectivity index (χ1n) is 9.55. The lowest BCUT2D eigenvalue weighted by Crippen LogP contribution is -2.46. The normalized spacial score (nSPS) is 14.9. The summed E-state index contributed by atoms with van der Waals surface area (Å²) in [4.78, 5) is 27.8. The van der Waals surface area contributed by atoms with Crippen LogP contribution in [0.3, 0.4) is 0 Å². The maximum Gasteiger partial charge on any atom is 0.256 e. The van der Waals surface area contributed by atoms with Crippen molar-refractivity contribution >= 4 is 23.6 Å². The lowest BCUT2D eigenvalue weighted by Gasteiger charge is -2.32. The number of likely N-dealkylation sites (tertiary alicyclic amines) is 1. The Balaban J connectivity index is 1.52. The molecule has 1 fully saturated rings. The van der Waals surface area contributed by atoms with E-state index in [1.54, 1.807) is 28.8 Å². The number of amides is 2. The minimum absolute atomic E-state index is 0.0156. The molecule has 2 aromatic carbocycles. The first-order chi connectivity index (χ1) is 13.4. The van der Waals surface area contributed by atoms with E-state index in [1.165, 1.54) is 12.1 Å². The van der Waals surface area contributed by atoms with Crippen molar-refractivity contribution in [2.75, 3.05) is 13.1 Å². The van der Waals surface area contributed by atoms with Gasteiger partial charge in [0.15, 0.2) is 0 Å². The van der Waals surface area contributed by atoms with E-state index in [0.29, 0.717) is 36.7 Å². The number of nitrogens with zero attached hydrogens (tertiary/aromatic N) is 1. The van der Waals surface area contributed by atoms with Crippen molar-refractivity contribution in [3.05, 3.63) is 65.5 Å². The van der Waals surface area contributed by atoms with Gasteiger partial charge in [0.2, 0.25) is 0 Å². The van der Waals surface area contributed by atoms with Crippen molar-refractivity contribution in [3.63, 3.8) is 0 Å². The monoisotopic (exact) mass is 400 g/mol. The van der Waals surface area contributed by atoms with Gasteiger partial charge in [-0.1, -0.05) is 26.0 Å². The molecule has 0 saturated carbocycles. The SMILES string of the molecule is CC(C)Sc1ccc(C(=O)NC2CCN(C(=O)c3ccccc3F)CC2)cc1. The summed E-state index contributed by atoms with van der Waals surface area (Å²) in [5.74, 6) is -0.886. The number of piperidine rings is 1. The third-order valence-corrected chi connectivity index (χ3v) is 5.73. The minimum atomic E-state index is -0.498. The van der Waals surface area contributed by atoms with E-state index in [2.05, 4.69) is 19.2 Å². The van der Waals surface area contributed by atoms with E-state index in [4.69, 9.17) is 0 Å². The fourth-order valence-corrected chi connectivity index (χ4v) is 4.10. The number of hydrogen-bond donors (Lipinski definition) is 1. The van der Waals surface area contributed by atoms with Gasteiger partial charge in [-0.05, 0) is 49.2 Å². The molecule has 148 valence electrons. The van der Waals surface area contributed by atoms with Crippen LogP contribution in [0.4, 0.5) is 4.39 Å². The summed E-state index contributed by atoms with van der Waals surface area (Å²) < 4.78 is 13.8. The summed E-state index contributed by atoms with van der Waals surface area (Å²) in [7, 11) is 0. The number of nitrogens with one attached hydrogen (secondary N) is 1. The highest BCUT2D eigenvalue weighted by Crippen LogP contribution is 2.23. The summed E-state index contributed by atoms with van der Waals surface area (Å²) in [6, 6.07) is 13.7. The standard InChI is InChI=1S/C22H25FN2O2S/c1-15(2)28-18-9-7-16(8-10-18)21(26)24-17-11-13-25(14-12-17)22(27)19-5-3-4-6-20(19)23/h3-10,15,17H,11-14H2,1-2H3,(H,24,26). The Labute approximate surface area is 169 Å². The summed E-state index contributed by atoms with van der Waals surface area (Å²) in [6.45, 7) is 5.27. The van der Waals surface area contributed by atoms with Gasteiger partial charge in [-0.15, -0.1) is 11.8 Å². The van der Waals surface area contributed by atoms with E-state index in [0.717, 1.165) is 4.90 Å². The van der Waals surface area contributed by atoms with Gasteiger partial charge in [0.05, 0.1) is 5.56 Å². The van der Waals surface area contributed by atoms with Crippen molar-refractivity contribution in [2.45, 2.75) is 42.9 Å². The molecule has 2 aromatic rings. The van der Waals surface area contributed by atoms with Gasteiger partial charge in [-0.2, -0.15) is 0 Å². The minimum Gasteiger partial charge on any atom is -0.349 e. The topological polar surface area (TPSA) is 49.4 Å². The molecule has 0 atom stereocenters. The van der Waals surface area contributed by atoms with Crippen LogP contribution in [-0.4, -0.2) is 41.1 Å². The molecule has 2 amide bonds. The largest absolute Gasteiger partial charge is 0.349 e. The maximum absolute atomic E-state index is 13.8. The van der Waals surface area contributed by atoms with Crippen LogP contribution in [0.2, 0.25) is 0 Å². The molecular formula is C22H25FN2O2S. The molecule has 1 aliphatic heterocycles. The molecule has 0 radical (unpaired) electrons. The Morgan fingerprint density at radius 1 is 1.07 bits per heavy atom. The van der Waals surface area contributed by atoms with Crippen LogP contribution in [0, 0.1) is 5.82 Å². The summed E-state index contributed by atoms with van der Waals surface area (Å²) >= 11 is 1.76. The van der Waals surface area contributed by atoms with Crippen LogP contribution in [-0.2, 0) is 0 Å². The van der Waals surface area contributed by atoms with Crippen LogP contribution in [0.1, 0.15) is 47.4 Å². The van der Waals surface area contributed by atoms with Gasteiger partial charge >= 0.3 is 0 Å². The molecule has 0 unspecified atom stereocenters. The number of benzene rings is 2. The molecule has 28 heavy (non-hydrogen) atoms. The van der Waals surface area contributed by atoms with Gasteiger partial charge in [0.25, 0.3) is 11.8 Å². The van der Waals surface area contributed by atoms with E-state index in [9.17, 15) is 14.0 Å². The number of carbonyl (C=O) groups is 2. The van der Waals surface area contributed by atoms with E-state index in [1.807, 2.05) is 24.3 Å². The quantitative estimate of drug-likeness (QED) is 0.759. The Morgan fingerprint density at radius 3 is 2.32 bits per heavy atom.